The van der Waals surface area contributed by atoms with Gasteiger partial charge in [0.1, 0.15) is 0 Å². The fourth-order valence-corrected chi connectivity index (χ4v) is 2.38. The van der Waals surface area contributed by atoms with Gasteiger partial charge in [0, 0.05) is 5.56 Å². The number of rotatable bonds is 5. The van der Waals surface area contributed by atoms with E-state index >= 15 is 0 Å². The quantitative estimate of drug-likeness (QED) is 0.856. The van der Waals surface area contributed by atoms with Crippen LogP contribution in [0.4, 0.5) is 5.69 Å². The molecule has 0 aliphatic heterocycles. The number of nitrogens with two attached hydrogens (primary N) is 1. The summed E-state index contributed by atoms with van der Waals surface area (Å²) in [7, 11) is 0. The summed E-state index contributed by atoms with van der Waals surface area (Å²) < 4.78 is 1.86. The van der Waals surface area contributed by atoms with E-state index in [-0.39, 0.29) is 6.04 Å². The van der Waals surface area contributed by atoms with Crippen LogP contribution in [0.1, 0.15) is 39.7 Å². The number of hydrogen-bond donors (Lipinski definition) is 1. The van der Waals surface area contributed by atoms with Gasteiger partial charge in [-0.05, 0) is 47.9 Å². The van der Waals surface area contributed by atoms with Crippen molar-refractivity contribution in [2.24, 2.45) is 5.92 Å². The van der Waals surface area contributed by atoms with Gasteiger partial charge in [0.15, 0.2) is 5.82 Å². The van der Waals surface area contributed by atoms with E-state index in [4.69, 9.17) is 17.3 Å². The van der Waals surface area contributed by atoms with Crippen molar-refractivity contribution in [3.8, 4) is 11.4 Å². The second-order valence-electron chi connectivity index (χ2n) is 5.28. The van der Waals surface area contributed by atoms with Crippen molar-refractivity contribution >= 4 is 17.3 Å². The van der Waals surface area contributed by atoms with Crippen molar-refractivity contribution in [2.75, 3.05) is 5.73 Å². The molecule has 0 saturated carbocycles. The predicted octanol–water partition coefficient (Wildman–Crippen LogP) is 3.57. The van der Waals surface area contributed by atoms with E-state index < -0.39 is 0 Å². The minimum atomic E-state index is 0.242. The molecular weight excluding hydrogens is 274 g/mol. The van der Waals surface area contributed by atoms with E-state index in [0.29, 0.717) is 16.6 Å². The van der Waals surface area contributed by atoms with Gasteiger partial charge in [0.2, 0.25) is 0 Å². The third-order valence-electron chi connectivity index (χ3n) is 3.61. The highest BCUT2D eigenvalue weighted by Gasteiger charge is 2.17. The number of nitrogen functional groups attached to an aromatic ring is 1. The van der Waals surface area contributed by atoms with Gasteiger partial charge in [-0.3, -0.25) is 0 Å². The summed E-state index contributed by atoms with van der Waals surface area (Å²) in [5.41, 5.74) is 7.17. The number of tetrazole rings is 1. The SMILES string of the molecule is CCC(C)CC(C)n1nnnc1-c1ccc(N)c(Cl)c1. The molecule has 0 amide bonds. The largest absolute Gasteiger partial charge is 0.398 e. The van der Waals surface area contributed by atoms with E-state index in [0.717, 1.165) is 24.2 Å². The Kier molecular flexibility index (Phi) is 4.60. The highest BCUT2D eigenvalue weighted by molar-refractivity contribution is 6.33. The fraction of sp³-hybridized carbons (Fsp3) is 0.500. The monoisotopic (exact) mass is 293 g/mol. The number of benzene rings is 1. The first-order valence-electron chi connectivity index (χ1n) is 6.86. The van der Waals surface area contributed by atoms with E-state index in [1.807, 2.05) is 10.7 Å². The van der Waals surface area contributed by atoms with Crippen molar-refractivity contribution in [1.82, 2.24) is 20.2 Å². The molecule has 2 N–H and O–H groups in total. The molecule has 2 atom stereocenters. The van der Waals surface area contributed by atoms with Gasteiger partial charge in [-0.15, -0.1) is 5.10 Å². The standard InChI is InChI=1S/C14H20ClN5/c1-4-9(2)7-10(3)20-14(17-18-19-20)11-5-6-13(16)12(15)8-11/h5-6,8-10H,4,7,16H2,1-3H3. The van der Waals surface area contributed by atoms with E-state index in [2.05, 4.69) is 36.3 Å². The molecule has 0 bridgehead atoms. The Morgan fingerprint density at radius 2 is 2.10 bits per heavy atom. The van der Waals surface area contributed by atoms with Gasteiger partial charge in [-0.2, -0.15) is 0 Å². The molecule has 2 rings (SSSR count). The van der Waals surface area contributed by atoms with Crippen LogP contribution >= 0.6 is 11.6 Å². The zero-order valence-electron chi connectivity index (χ0n) is 12.0. The van der Waals surface area contributed by atoms with Gasteiger partial charge in [-0.1, -0.05) is 31.9 Å². The third-order valence-corrected chi connectivity index (χ3v) is 3.94. The predicted molar refractivity (Wildman–Crippen MR) is 81.5 cm³/mol. The maximum absolute atomic E-state index is 6.07. The summed E-state index contributed by atoms with van der Waals surface area (Å²) in [5.74, 6) is 1.36. The molecule has 0 fully saturated rings. The first-order valence-corrected chi connectivity index (χ1v) is 7.24. The Bertz CT molecular complexity index is 581. The highest BCUT2D eigenvalue weighted by atomic mass is 35.5. The summed E-state index contributed by atoms with van der Waals surface area (Å²) in [4.78, 5) is 0. The van der Waals surface area contributed by atoms with Crippen LogP contribution in [0.3, 0.4) is 0 Å². The lowest BCUT2D eigenvalue weighted by atomic mass is 10.0. The number of aromatic nitrogens is 4. The van der Waals surface area contributed by atoms with Crippen molar-refractivity contribution in [3.63, 3.8) is 0 Å². The van der Waals surface area contributed by atoms with Crippen LogP contribution in [0.2, 0.25) is 5.02 Å². The minimum Gasteiger partial charge on any atom is -0.398 e. The van der Waals surface area contributed by atoms with Crippen LogP contribution in [0.25, 0.3) is 11.4 Å². The lowest BCUT2D eigenvalue weighted by Gasteiger charge is -2.17. The van der Waals surface area contributed by atoms with Crippen molar-refractivity contribution in [3.05, 3.63) is 23.2 Å². The van der Waals surface area contributed by atoms with Crippen LogP contribution < -0.4 is 5.73 Å². The van der Waals surface area contributed by atoms with Crippen LogP contribution in [-0.2, 0) is 0 Å². The van der Waals surface area contributed by atoms with Gasteiger partial charge in [-0.25, -0.2) is 4.68 Å². The zero-order valence-corrected chi connectivity index (χ0v) is 12.8. The zero-order chi connectivity index (χ0) is 14.7. The number of nitrogens with zero attached hydrogens (tertiary/aromatic N) is 4. The number of anilines is 1. The summed E-state index contributed by atoms with van der Waals surface area (Å²) in [6.45, 7) is 6.56. The third kappa shape index (κ3) is 3.10. The molecule has 0 aliphatic rings. The number of hydrogen-bond acceptors (Lipinski definition) is 4. The molecule has 6 heteroatoms. The Hall–Kier alpha value is -1.62. The van der Waals surface area contributed by atoms with Crippen LogP contribution in [-0.4, -0.2) is 20.2 Å². The van der Waals surface area contributed by atoms with Gasteiger partial charge in [0.05, 0.1) is 16.8 Å². The van der Waals surface area contributed by atoms with Crippen LogP contribution in [0, 0.1) is 5.92 Å². The average molecular weight is 294 g/mol. The molecule has 0 radical (unpaired) electrons. The van der Waals surface area contributed by atoms with Gasteiger partial charge < -0.3 is 5.73 Å². The molecule has 1 aromatic heterocycles. The Balaban J connectivity index is 2.30. The lowest BCUT2D eigenvalue weighted by Crippen LogP contribution is -2.12. The van der Waals surface area contributed by atoms with E-state index in [9.17, 15) is 0 Å². The normalized spacial score (nSPS) is 14.2. The Morgan fingerprint density at radius 1 is 1.35 bits per heavy atom. The lowest BCUT2D eigenvalue weighted by molar-refractivity contribution is 0.371. The molecule has 1 aromatic carbocycles. The van der Waals surface area contributed by atoms with E-state index in [1.54, 1.807) is 12.1 Å². The van der Waals surface area contributed by atoms with Crippen molar-refractivity contribution in [2.45, 2.75) is 39.7 Å². The summed E-state index contributed by atoms with van der Waals surface area (Å²) in [6, 6.07) is 5.70. The van der Waals surface area contributed by atoms with Crippen molar-refractivity contribution in [1.29, 1.82) is 0 Å². The second kappa shape index (κ2) is 6.22. The summed E-state index contributed by atoms with van der Waals surface area (Å²) in [6.07, 6.45) is 2.19. The smallest absolute Gasteiger partial charge is 0.182 e. The summed E-state index contributed by atoms with van der Waals surface area (Å²) in [5, 5.41) is 12.5. The first kappa shape index (κ1) is 14.8. The molecule has 0 spiro atoms. The van der Waals surface area contributed by atoms with Gasteiger partial charge in [0.25, 0.3) is 0 Å². The molecule has 5 nitrogen and oxygen atoms in total. The molecule has 1 heterocycles. The molecule has 2 aromatic rings. The average Bonchev–Trinajstić information content (AvgIpc) is 2.91. The second-order valence-corrected chi connectivity index (χ2v) is 5.69. The molecule has 108 valence electrons. The van der Waals surface area contributed by atoms with Gasteiger partial charge >= 0.3 is 0 Å². The summed E-state index contributed by atoms with van der Waals surface area (Å²) >= 11 is 6.07. The fourth-order valence-electron chi connectivity index (χ4n) is 2.20. The maximum atomic E-state index is 6.07. The molecule has 0 aliphatic carbocycles. The maximum Gasteiger partial charge on any atom is 0.182 e. The topological polar surface area (TPSA) is 69.6 Å². The number of halogens is 1. The highest BCUT2D eigenvalue weighted by Crippen LogP contribution is 2.28. The first-order chi connectivity index (χ1) is 9.52. The minimum absolute atomic E-state index is 0.242. The van der Waals surface area contributed by atoms with Crippen molar-refractivity contribution < 1.29 is 0 Å². The molecule has 20 heavy (non-hydrogen) atoms. The molecular formula is C14H20ClN5. The van der Waals surface area contributed by atoms with Crippen LogP contribution in [0.15, 0.2) is 18.2 Å². The van der Waals surface area contributed by atoms with Crippen LogP contribution in [0.5, 0.6) is 0 Å². The van der Waals surface area contributed by atoms with E-state index in [1.165, 1.54) is 0 Å². The Labute approximate surface area is 124 Å². The molecule has 0 saturated heterocycles. The molecule has 2 unspecified atom stereocenters. The Morgan fingerprint density at radius 3 is 2.75 bits per heavy atom.